The number of hydrogen-bond donors (Lipinski definition) is 1. The third kappa shape index (κ3) is 3.48. The molecule has 2 rings (SSSR count). The molecule has 0 saturated carbocycles. The number of nitrogens with zero attached hydrogens (tertiary/aromatic N) is 1. The van der Waals surface area contributed by atoms with Crippen LogP contribution in [0.2, 0.25) is 0 Å². The summed E-state index contributed by atoms with van der Waals surface area (Å²) < 4.78 is 25.8. The Kier molecular flexibility index (Phi) is 4.07. The van der Waals surface area contributed by atoms with Crippen molar-refractivity contribution in [3.8, 4) is 0 Å². The van der Waals surface area contributed by atoms with E-state index in [1.54, 1.807) is 6.07 Å². The zero-order valence-electron chi connectivity index (χ0n) is 10.0. The minimum Gasteiger partial charge on any atom is -0.313 e. The van der Waals surface area contributed by atoms with Crippen LogP contribution < -0.4 is 5.32 Å². The fourth-order valence-electron chi connectivity index (χ4n) is 2.30. The highest BCUT2D eigenvalue weighted by atomic mass is 19.2. The molecule has 1 aliphatic heterocycles. The van der Waals surface area contributed by atoms with Gasteiger partial charge in [-0.25, -0.2) is 8.78 Å². The first kappa shape index (κ1) is 12.5. The van der Waals surface area contributed by atoms with Crippen molar-refractivity contribution >= 4 is 0 Å². The molecule has 1 aromatic rings. The molecule has 2 nitrogen and oxygen atoms in total. The highest BCUT2D eigenvalue weighted by molar-refractivity contribution is 5.17. The largest absolute Gasteiger partial charge is 0.313 e. The first-order valence-corrected chi connectivity index (χ1v) is 6.01. The highest BCUT2D eigenvalue weighted by Gasteiger charge is 2.16. The Morgan fingerprint density at radius 2 is 2.18 bits per heavy atom. The van der Waals surface area contributed by atoms with E-state index in [-0.39, 0.29) is 0 Å². The summed E-state index contributed by atoms with van der Waals surface area (Å²) in [5.74, 6) is -1.55. The van der Waals surface area contributed by atoms with Crippen LogP contribution in [0, 0.1) is 11.6 Å². The molecule has 0 bridgehead atoms. The molecule has 1 saturated heterocycles. The normalized spacial score (nSPS) is 20.1. The van der Waals surface area contributed by atoms with Crippen LogP contribution in [0.25, 0.3) is 0 Å². The molecule has 1 N–H and O–H groups in total. The van der Waals surface area contributed by atoms with Gasteiger partial charge in [-0.3, -0.25) is 0 Å². The number of halogens is 2. The van der Waals surface area contributed by atoms with Crippen LogP contribution in [-0.2, 0) is 6.54 Å². The van der Waals surface area contributed by atoms with Crippen molar-refractivity contribution in [1.82, 2.24) is 10.2 Å². The highest BCUT2D eigenvalue weighted by Crippen LogP contribution is 2.12. The van der Waals surface area contributed by atoms with E-state index in [1.165, 1.54) is 25.0 Å². The summed E-state index contributed by atoms with van der Waals surface area (Å²) in [6.45, 7) is 2.68. The molecule has 1 unspecified atom stereocenters. The van der Waals surface area contributed by atoms with Crippen LogP contribution in [0.1, 0.15) is 18.4 Å². The molecule has 1 aliphatic rings. The Morgan fingerprint density at radius 1 is 1.35 bits per heavy atom. The van der Waals surface area contributed by atoms with Gasteiger partial charge in [0.15, 0.2) is 11.6 Å². The lowest BCUT2D eigenvalue weighted by Gasteiger charge is -2.21. The summed E-state index contributed by atoms with van der Waals surface area (Å²) in [6.07, 6.45) is 2.42. The molecular weight excluding hydrogens is 222 g/mol. The Bertz CT molecular complexity index is 376. The quantitative estimate of drug-likeness (QED) is 0.867. The van der Waals surface area contributed by atoms with E-state index in [4.69, 9.17) is 0 Å². The SMILES string of the molecule is CN(Cc1ccc(F)c(F)c1)CC1CCCN1. The average molecular weight is 240 g/mol. The summed E-state index contributed by atoms with van der Waals surface area (Å²) in [5, 5.41) is 3.42. The molecule has 0 amide bonds. The molecular formula is C13H18F2N2. The number of hydrogen-bond acceptors (Lipinski definition) is 2. The first-order chi connectivity index (χ1) is 8.15. The maximum absolute atomic E-state index is 13.0. The van der Waals surface area contributed by atoms with Gasteiger partial charge in [-0.05, 0) is 44.1 Å². The Balaban J connectivity index is 1.88. The second-order valence-corrected chi connectivity index (χ2v) is 4.74. The van der Waals surface area contributed by atoms with Crippen LogP contribution in [0.5, 0.6) is 0 Å². The topological polar surface area (TPSA) is 15.3 Å². The number of likely N-dealkylation sites (N-methyl/N-ethyl adjacent to an activating group) is 1. The van der Waals surface area contributed by atoms with Crippen molar-refractivity contribution in [3.63, 3.8) is 0 Å². The molecule has 1 atom stereocenters. The van der Waals surface area contributed by atoms with E-state index in [2.05, 4.69) is 10.2 Å². The van der Waals surface area contributed by atoms with E-state index < -0.39 is 11.6 Å². The maximum atomic E-state index is 13.0. The minimum absolute atomic E-state index is 0.533. The van der Waals surface area contributed by atoms with E-state index in [9.17, 15) is 8.78 Å². The van der Waals surface area contributed by atoms with Gasteiger partial charge < -0.3 is 10.2 Å². The van der Waals surface area contributed by atoms with Gasteiger partial charge in [-0.1, -0.05) is 6.07 Å². The van der Waals surface area contributed by atoms with E-state index in [0.717, 1.165) is 18.7 Å². The standard InChI is InChI=1S/C13H18F2N2/c1-17(9-11-3-2-6-16-11)8-10-4-5-12(14)13(15)7-10/h4-5,7,11,16H,2-3,6,8-9H2,1H3. The smallest absolute Gasteiger partial charge is 0.159 e. The summed E-state index contributed by atoms with van der Waals surface area (Å²) in [5.41, 5.74) is 0.810. The summed E-state index contributed by atoms with van der Waals surface area (Å²) in [4.78, 5) is 2.13. The van der Waals surface area contributed by atoms with E-state index >= 15 is 0 Å². The van der Waals surface area contributed by atoms with Crippen LogP contribution in [0.15, 0.2) is 18.2 Å². The second kappa shape index (κ2) is 5.56. The molecule has 94 valence electrons. The van der Waals surface area contributed by atoms with E-state index in [1.807, 2.05) is 7.05 Å². The summed E-state index contributed by atoms with van der Waals surface area (Å²) in [6, 6.07) is 4.63. The molecule has 1 fully saturated rings. The zero-order chi connectivity index (χ0) is 12.3. The van der Waals surface area contributed by atoms with Crippen LogP contribution in [-0.4, -0.2) is 31.1 Å². The van der Waals surface area contributed by atoms with Gasteiger partial charge >= 0.3 is 0 Å². The fraction of sp³-hybridized carbons (Fsp3) is 0.538. The zero-order valence-corrected chi connectivity index (χ0v) is 10.0. The van der Waals surface area contributed by atoms with Crippen molar-refractivity contribution < 1.29 is 8.78 Å². The van der Waals surface area contributed by atoms with Gasteiger partial charge in [0.1, 0.15) is 0 Å². The molecule has 0 aromatic heterocycles. The van der Waals surface area contributed by atoms with Crippen molar-refractivity contribution in [3.05, 3.63) is 35.4 Å². The third-order valence-corrected chi connectivity index (χ3v) is 3.13. The molecule has 1 heterocycles. The van der Waals surface area contributed by atoms with Crippen LogP contribution >= 0.6 is 0 Å². The van der Waals surface area contributed by atoms with Gasteiger partial charge in [0, 0.05) is 19.1 Å². The lowest BCUT2D eigenvalue weighted by molar-refractivity contribution is 0.292. The molecule has 0 radical (unpaired) electrons. The predicted molar refractivity (Wildman–Crippen MR) is 63.7 cm³/mol. The van der Waals surface area contributed by atoms with Crippen LogP contribution in [0.4, 0.5) is 8.78 Å². The second-order valence-electron chi connectivity index (χ2n) is 4.74. The number of nitrogens with one attached hydrogen (secondary N) is 1. The number of rotatable bonds is 4. The molecule has 4 heteroatoms. The van der Waals surface area contributed by atoms with E-state index in [0.29, 0.717) is 12.6 Å². The average Bonchev–Trinajstić information content (AvgIpc) is 2.76. The lowest BCUT2D eigenvalue weighted by atomic mass is 10.2. The van der Waals surface area contributed by atoms with Gasteiger partial charge in [0.25, 0.3) is 0 Å². The van der Waals surface area contributed by atoms with Crippen molar-refractivity contribution in [2.75, 3.05) is 20.1 Å². The Labute approximate surface area is 101 Å². The molecule has 17 heavy (non-hydrogen) atoms. The Morgan fingerprint density at radius 3 is 2.82 bits per heavy atom. The van der Waals surface area contributed by atoms with Crippen LogP contribution in [0.3, 0.4) is 0 Å². The third-order valence-electron chi connectivity index (χ3n) is 3.13. The van der Waals surface area contributed by atoms with Gasteiger partial charge in [0.2, 0.25) is 0 Å². The fourth-order valence-corrected chi connectivity index (χ4v) is 2.30. The summed E-state index contributed by atoms with van der Waals surface area (Å²) >= 11 is 0. The lowest BCUT2D eigenvalue weighted by Crippen LogP contribution is -2.34. The van der Waals surface area contributed by atoms with Gasteiger partial charge in [-0.15, -0.1) is 0 Å². The van der Waals surface area contributed by atoms with Crippen molar-refractivity contribution in [2.24, 2.45) is 0 Å². The van der Waals surface area contributed by atoms with Gasteiger partial charge in [-0.2, -0.15) is 0 Å². The number of benzene rings is 1. The van der Waals surface area contributed by atoms with Crippen molar-refractivity contribution in [2.45, 2.75) is 25.4 Å². The predicted octanol–water partition coefficient (Wildman–Crippen LogP) is 2.15. The minimum atomic E-state index is -0.783. The Hall–Kier alpha value is -1.00. The maximum Gasteiger partial charge on any atom is 0.159 e. The van der Waals surface area contributed by atoms with Gasteiger partial charge in [0.05, 0.1) is 0 Å². The first-order valence-electron chi connectivity index (χ1n) is 6.01. The molecule has 0 aliphatic carbocycles. The van der Waals surface area contributed by atoms with Crippen molar-refractivity contribution in [1.29, 1.82) is 0 Å². The summed E-state index contributed by atoms with van der Waals surface area (Å²) in [7, 11) is 2.00. The molecule has 1 aromatic carbocycles. The molecule has 0 spiro atoms. The monoisotopic (exact) mass is 240 g/mol.